The van der Waals surface area contributed by atoms with E-state index in [0.29, 0.717) is 5.95 Å². The molecule has 1 heterocycles. The molecular weight excluding hydrogens is 204 g/mol. The highest BCUT2D eigenvalue weighted by Crippen LogP contribution is 2.11. The summed E-state index contributed by atoms with van der Waals surface area (Å²) in [6.07, 6.45) is 1.73. The van der Waals surface area contributed by atoms with Crippen LogP contribution in [0.25, 0.3) is 10.9 Å². The average molecular weight is 216 g/mol. The Morgan fingerprint density at radius 2 is 2.19 bits per heavy atom. The third-order valence-corrected chi connectivity index (χ3v) is 2.17. The molecule has 0 saturated heterocycles. The lowest BCUT2D eigenvalue weighted by atomic mass is 10.2. The van der Waals surface area contributed by atoms with E-state index in [9.17, 15) is 4.79 Å². The summed E-state index contributed by atoms with van der Waals surface area (Å²) >= 11 is 0. The van der Waals surface area contributed by atoms with E-state index in [-0.39, 0.29) is 12.5 Å². The normalized spacial score (nSPS) is 10.1. The summed E-state index contributed by atoms with van der Waals surface area (Å²) in [4.78, 5) is 19.4. The highest BCUT2D eigenvalue weighted by Gasteiger charge is 2.01. The van der Waals surface area contributed by atoms with Crippen molar-refractivity contribution in [3.63, 3.8) is 0 Å². The number of aromatic nitrogens is 2. The van der Waals surface area contributed by atoms with Crippen molar-refractivity contribution in [3.05, 3.63) is 30.5 Å². The first-order chi connectivity index (χ1) is 7.79. The number of hydrogen-bond donors (Lipinski definition) is 2. The first-order valence-corrected chi connectivity index (χ1v) is 4.96. The number of hydrogen-bond acceptors (Lipinski definition) is 4. The fourth-order valence-electron chi connectivity index (χ4n) is 1.31. The highest BCUT2D eigenvalue weighted by atomic mass is 16.1. The van der Waals surface area contributed by atoms with Crippen LogP contribution in [-0.4, -0.2) is 29.5 Å². The van der Waals surface area contributed by atoms with Crippen LogP contribution < -0.4 is 10.6 Å². The van der Waals surface area contributed by atoms with Crippen LogP contribution >= 0.6 is 0 Å². The van der Waals surface area contributed by atoms with Crippen LogP contribution in [0.5, 0.6) is 0 Å². The minimum absolute atomic E-state index is 0.100. The number of nitrogens with zero attached hydrogens (tertiary/aromatic N) is 2. The summed E-state index contributed by atoms with van der Waals surface area (Å²) in [5, 5.41) is 6.35. The highest BCUT2D eigenvalue weighted by molar-refractivity contribution is 5.81. The van der Waals surface area contributed by atoms with E-state index in [2.05, 4.69) is 20.6 Å². The first kappa shape index (κ1) is 10.4. The summed E-state index contributed by atoms with van der Waals surface area (Å²) < 4.78 is 0. The third kappa shape index (κ3) is 2.25. The van der Waals surface area contributed by atoms with Crippen LogP contribution in [0.2, 0.25) is 0 Å². The van der Waals surface area contributed by atoms with Gasteiger partial charge in [0, 0.05) is 18.6 Å². The molecule has 1 aromatic heterocycles. The molecule has 0 atom stereocenters. The van der Waals surface area contributed by atoms with E-state index in [1.165, 1.54) is 0 Å². The smallest absolute Gasteiger partial charge is 0.239 e. The zero-order valence-electron chi connectivity index (χ0n) is 8.90. The molecule has 2 rings (SSSR count). The molecule has 82 valence electrons. The van der Waals surface area contributed by atoms with Gasteiger partial charge in [-0.05, 0) is 6.07 Å². The standard InChI is InChI=1S/C11H12N4O/c1-12-10(16)7-14-11-13-6-8-4-2-3-5-9(8)15-11/h2-6H,7H2,1H3,(H,12,16)(H,13,14,15). The Morgan fingerprint density at radius 1 is 1.38 bits per heavy atom. The summed E-state index contributed by atoms with van der Waals surface area (Å²) in [6.45, 7) is 0.175. The SMILES string of the molecule is CNC(=O)CNc1ncc2ccccc2n1. The Morgan fingerprint density at radius 3 is 3.00 bits per heavy atom. The second-order valence-corrected chi connectivity index (χ2v) is 3.28. The van der Waals surface area contributed by atoms with E-state index < -0.39 is 0 Å². The van der Waals surface area contributed by atoms with Gasteiger partial charge >= 0.3 is 0 Å². The number of benzene rings is 1. The average Bonchev–Trinajstić information content (AvgIpc) is 2.35. The van der Waals surface area contributed by atoms with Gasteiger partial charge in [0.2, 0.25) is 11.9 Å². The van der Waals surface area contributed by atoms with Gasteiger partial charge in [-0.25, -0.2) is 9.97 Å². The number of amides is 1. The molecule has 2 N–H and O–H groups in total. The number of nitrogens with one attached hydrogen (secondary N) is 2. The van der Waals surface area contributed by atoms with Crippen LogP contribution in [0, 0.1) is 0 Å². The van der Waals surface area contributed by atoms with Gasteiger partial charge < -0.3 is 10.6 Å². The molecule has 16 heavy (non-hydrogen) atoms. The van der Waals surface area contributed by atoms with Crippen molar-refractivity contribution in [2.75, 3.05) is 18.9 Å². The van der Waals surface area contributed by atoms with Gasteiger partial charge in [0.05, 0.1) is 12.1 Å². The van der Waals surface area contributed by atoms with Crippen molar-refractivity contribution in [1.82, 2.24) is 15.3 Å². The van der Waals surface area contributed by atoms with Crippen molar-refractivity contribution in [2.24, 2.45) is 0 Å². The van der Waals surface area contributed by atoms with Crippen molar-refractivity contribution < 1.29 is 4.79 Å². The Kier molecular flexibility index (Phi) is 2.95. The fraction of sp³-hybridized carbons (Fsp3) is 0.182. The maximum Gasteiger partial charge on any atom is 0.239 e. The molecule has 0 radical (unpaired) electrons. The molecule has 5 heteroatoms. The summed E-state index contributed by atoms with van der Waals surface area (Å²) in [7, 11) is 1.59. The second-order valence-electron chi connectivity index (χ2n) is 3.28. The van der Waals surface area contributed by atoms with Crippen molar-refractivity contribution in [1.29, 1.82) is 0 Å². The molecule has 0 aliphatic heterocycles. The van der Waals surface area contributed by atoms with Gasteiger partial charge in [-0.1, -0.05) is 18.2 Å². The predicted octanol–water partition coefficient (Wildman–Crippen LogP) is 0.788. The minimum Gasteiger partial charge on any atom is -0.358 e. The number of carbonyl (C=O) groups excluding carboxylic acids is 1. The number of rotatable bonds is 3. The van der Waals surface area contributed by atoms with Crippen molar-refractivity contribution in [2.45, 2.75) is 0 Å². The van der Waals surface area contributed by atoms with E-state index in [0.717, 1.165) is 10.9 Å². The number of carbonyl (C=O) groups is 1. The lowest BCUT2D eigenvalue weighted by molar-refractivity contribution is -0.118. The zero-order valence-corrected chi connectivity index (χ0v) is 8.90. The predicted molar refractivity (Wildman–Crippen MR) is 62.1 cm³/mol. The monoisotopic (exact) mass is 216 g/mol. The molecule has 0 saturated carbocycles. The molecule has 0 bridgehead atoms. The van der Waals surface area contributed by atoms with Gasteiger partial charge in [0.1, 0.15) is 0 Å². The van der Waals surface area contributed by atoms with E-state index in [1.54, 1.807) is 13.2 Å². The Hall–Kier alpha value is -2.17. The lowest BCUT2D eigenvalue weighted by Crippen LogP contribution is -2.26. The van der Waals surface area contributed by atoms with Crippen LogP contribution in [0.3, 0.4) is 0 Å². The van der Waals surface area contributed by atoms with E-state index in [1.807, 2.05) is 24.3 Å². The third-order valence-electron chi connectivity index (χ3n) is 2.17. The molecule has 0 aliphatic carbocycles. The number of likely N-dealkylation sites (N-methyl/N-ethyl adjacent to an activating group) is 1. The maximum atomic E-state index is 11.0. The van der Waals surface area contributed by atoms with Gasteiger partial charge in [0.15, 0.2) is 0 Å². The Balaban J connectivity index is 2.16. The molecule has 5 nitrogen and oxygen atoms in total. The number of para-hydroxylation sites is 1. The summed E-state index contributed by atoms with van der Waals surface area (Å²) in [5.41, 5.74) is 0.858. The van der Waals surface area contributed by atoms with Gasteiger partial charge in [-0.3, -0.25) is 4.79 Å². The molecule has 0 spiro atoms. The first-order valence-electron chi connectivity index (χ1n) is 4.96. The molecule has 0 fully saturated rings. The van der Waals surface area contributed by atoms with Crippen LogP contribution in [-0.2, 0) is 4.79 Å². The molecule has 0 aliphatic rings. The zero-order chi connectivity index (χ0) is 11.4. The largest absolute Gasteiger partial charge is 0.358 e. The van der Waals surface area contributed by atoms with Crippen LogP contribution in [0.1, 0.15) is 0 Å². The molecular formula is C11H12N4O. The van der Waals surface area contributed by atoms with E-state index in [4.69, 9.17) is 0 Å². The fourth-order valence-corrected chi connectivity index (χ4v) is 1.31. The van der Waals surface area contributed by atoms with Gasteiger partial charge in [-0.2, -0.15) is 0 Å². The van der Waals surface area contributed by atoms with Gasteiger partial charge in [0.25, 0.3) is 0 Å². The van der Waals surface area contributed by atoms with Crippen LogP contribution in [0.4, 0.5) is 5.95 Å². The quantitative estimate of drug-likeness (QED) is 0.796. The molecule has 2 aromatic rings. The summed E-state index contributed by atoms with van der Waals surface area (Å²) in [6, 6.07) is 7.70. The lowest BCUT2D eigenvalue weighted by Gasteiger charge is -2.04. The number of anilines is 1. The second kappa shape index (κ2) is 4.57. The van der Waals surface area contributed by atoms with Crippen molar-refractivity contribution >= 4 is 22.8 Å². The molecule has 0 unspecified atom stereocenters. The molecule has 1 aromatic carbocycles. The molecule has 1 amide bonds. The van der Waals surface area contributed by atoms with E-state index >= 15 is 0 Å². The Bertz CT molecular complexity index is 512. The number of fused-ring (bicyclic) bond motifs is 1. The minimum atomic E-state index is -0.100. The maximum absolute atomic E-state index is 11.0. The topological polar surface area (TPSA) is 66.9 Å². The van der Waals surface area contributed by atoms with Gasteiger partial charge in [-0.15, -0.1) is 0 Å². The summed E-state index contributed by atoms with van der Waals surface area (Å²) in [5.74, 6) is 0.360. The van der Waals surface area contributed by atoms with Crippen LogP contribution in [0.15, 0.2) is 30.5 Å². The Labute approximate surface area is 92.9 Å². The van der Waals surface area contributed by atoms with Crippen molar-refractivity contribution in [3.8, 4) is 0 Å².